The van der Waals surface area contributed by atoms with E-state index in [2.05, 4.69) is 23.7 Å². The first kappa shape index (κ1) is 29.2. The molecule has 7 nitrogen and oxygen atoms in total. The quantitative estimate of drug-likeness (QED) is 0.397. The van der Waals surface area contributed by atoms with Crippen LogP contribution >= 0.6 is 11.3 Å². The number of nitrogens with zero attached hydrogens (tertiary/aromatic N) is 3. The normalized spacial score (nSPS) is 21.5. The van der Waals surface area contributed by atoms with Crippen molar-refractivity contribution in [1.29, 1.82) is 0 Å². The minimum atomic E-state index is -0.684. The summed E-state index contributed by atoms with van der Waals surface area (Å²) in [5.74, 6) is 6.19. The number of esters is 1. The molecule has 2 fully saturated rings. The van der Waals surface area contributed by atoms with Crippen molar-refractivity contribution in [2.45, 2.75) is 72.8 Å². The second-order valence-electron chi connectivity index (χ2n) is 11.5. The number of methoxy groups -OCH3 is 1. The molecule has 2 heterocycles. The van der Waals surface area contributed by atoms with Gasteiger partial charge >= 0.3 is 5.97 Å². The van der Waals surface area contributed by atoms with E-state index in [9.17, 15) is 14.4 Å². The summed E-state index contributed by atoms with van der Waals surface area (Å²) in [4.78, 5) is 47.7. The summed E-state index contributed by atoms with van der Waals surface area (Å²) in [7, 11) is 3.39. The molecule has 3 rings (SSSR count). The SMILES string of the molecule is CC[C@@H](C(=O)N1CCN(C)CC1)N(C(=O)C1CCC(C)CC1)c1cc(C#CC(C)(C)C)sc1C(=O)OC. The van der Waals surface area contributed by atoms with Crippen LogP contribution in [0.25, 0.3) is 0 Å². The highest BCUT2D eigenvalue weighted by atomic mass is 32.1. The first-order chi connectivity index (χ1) is 17.4. The lowest BCUT2D eigenvalue weighted by molar-refractivity contribution is -0.137. The van der Waals surface area contributed by atoms with Gasteiger partial charge in [-0.2, -0.15) is 0 Å². The number of hydrogen-bond donors (Lipinski definition) is 0. The molecule has 0 unspecified atom stereocenters. The maximum Gasteiger partial charge on any atom is 0.350 e. The summed E-state index contributed by atoms with van der Waals surface area (Å²) in [5.41, 5.74) is 0.237. The molecule has 1 atom stereocenters. The standard InChI is InChI=1S/C29H43N3O4S/c1-8-23(27(34)31-17-15-30(6)16-18-31)32(26(33)21-11-9-20(2)10-12-21)24-19-22(13-14-29(3,4)5)37-25(24)28(35)36-7/h19-21,23H,8-12,15-18H2,1-7H3/t20?,21?,23-/m0/s1. The molecule has 2 amide bonds. The van der Waals surface area contributed by atoms with E-state index in [4.69, 9.17) is 4.74 Å². The van der Waals surface area contributed by atoms with Gasteiger partial charge in [-0.1, -0.05) is 25.7 Å². The van der Waals surface area contributed by atoms with E-state index in [0.29, 0.717) is 40.9 Å². The molecule has 204 valence electrons. The molecule has 1 saturated heterocycles. The number of carbonyl (C=O) groups excluding carboxylic acids is 3. The Morgan fingerprint density at radius 2 is 1.76 bits per heavy atom. The van der Waals surface area contributed by atoms with Crippen molar-refractivity contribution in [2.24, 2.45) is 17.3 Å². The third-order valence-corrected chi connectivity index (χ3v) is 8.32. The van der Waals surface area contributed by atoms with Crippen LogP contribution in [-0.4, -0.2) is 74.0 Å². The van der Waals surface area contributed by atoms with Gasteiger partial charge in [0.25, 0.3) is 0 Å². The Balaban J connectivity index is 2.08. The van der Waals surface area contributed by atoms with Crippen molar-refractivity contribution in [1.82, 2.24) is 9.80 Å². The lowest BCUT2D eigenvalue weighted by atomic mass is 9.82. The second-order valence-corrected chi connectivity index (χ2v) is 12.6. The summed E-state index contributed by atoms with van der Waals surface area (Å²) in [6.45, 7) is 13.1. The fourth-order valence-corrected chi connectivity index (χ4v) is 5.88. The molecule has 2 aliphatic rings. The van der Waals surface area contributed by atoms with Crippen LogP contribution in [0.5, 0.6) is 0 Å². The van der Waals surface area contributed by atoms with Crippen LogP contribution in [-0.2, 0) is 14.3 Å². The summed E-state index contributed by atoms with van der Waals surface area (Å²) in [6.07, 6.45) is 4.03. The number of anilines is 1. The Morgan fingerprint density at radius 1 is 1.14 bits per heavy atom. The Kier molecular flexibility index (Phi) is 9.82. The zero-order valence-corrected chi connectivity index (χ0v) is 24.4. The Labute approximate surface area is 226 Å². The van der Waals surface area contributed by atoms with Gasteiger partial charge in [0, 0.05) is 37.5 Å². The smallest absolute Gasteiger partial charge is 0.350 e. The number of likely N-dealkylation sites (N-methyl/N-ethyl adjacent to an activating group) is 1. The van der Waals surface area contributed by atoms with E-state index >= 15 is 0 Å². The van der Waals surface area contributed by atoms with Crippen LogP contribution in [0.1, 0.15) is 81.3 Å². The molecule has 1 aromatic heterocycles. The first-order valence-electron chi connectivity index (χ1n) is 13.5. The van der Waals surface area contributed by atoms with E-state index < -0.39 is 12.0 Å². The van der Waals surface area contributed by atoms with Gasteiger partial charge in [0.2, 0.25) is 11.8 Å². The number of amides is 2. The minimum absolute atomic E-state index is 0.0579. The predicted octanol–water partition coefficient (Wildman–Crippen LogP) is 4.64. The zero-order chi connectivity index (χ0) is 27.3. The molecular formula is C29H43N3O4S. The molecule has 1 saturated carbocycles. The second kappa shape index (κ2) is 12.4. The minimum Gasteiger partial charge on any atom is -0.465 e. The van der Waals surface area contributed by atoms with E-state index in [-0.39, 0.29) is 23.1 Å². The number of hydrogen-bond acceptors (Lipinski definition) is 6. The molecule has 0 aromatic carbocycles. The maximum absolute atomic E-state index is 14.2. The van der Waals surface area contributed by atoms with E-state index in [1.54, 1.807) is 11.0 Å². The molecule has 37 heavy (non-hydrogen) atoms. The van der Waals surface area contributed by atoms with Crippen LogP contribution in [0.4, 0.5) is 5.69 Å². The Bertz CT molecular complexity index is 1030. The monoisotopic (exact) mass is 529 g/mol. The summed E-state index contributed by atoms with van der Waals surface area (Å²) in [5, 5.41) is 0. The van der Waals surface area contributed by atoms with Crippen molar-refractivity contribution in [3.63, 3.8) is 0 Å². The summed E-state index contributed by atoms with van der Waals surface area (Å²) in [6, 6.07) is 1.12. The molecular weight excluding hydrogens is 486 g/mol. The van der Waals surface area contributed by atoms with E-state index in [1.165, 1.54) is 18.4 Å². The molecule has 1 aromatic rings. The van der Waals surface area contributed by atoms with Crippen molar-refractivity contribution in [2.75, 3.05) is 45.2 Å². The molecule has 1 aliphatic carbocycles. The van der Waals surface area contributed by atoms with Crippen molar-refractivity contribution < 1.29 is 19.1 Å². The number of piperazine rings is 1. The van der Waals surface area contributed by atoms with Gasteiger partial charge in [-0.25, -0.2) is 4.79 Å². The van der Waals surface area contributed by atoms with Crippen LogP contribution in [0.2, 0.25) is 0 Å². The van der Waals surface area contributed by atoms with Gasteiger partial charge in [-0.3, -0.25) is 14.5 Å². The van der Waals surface area contributed by atoms with Crippen LogP contribution in [0.3, 0.4) is 0 Å². The lowest BCUT2D eigenvalue weighted by Gasteiger charge is -2.39. The average molecular weight is 530 g/mol. The predicted molar refractivity (Wildman–Crippen MR) is 149 cm³/mol. The molecule has 0 N–H and O–H groups in total. The van der Waals surface area contributed by atoms with Crippen molar-refractivity contribution in [3.05, 3.63) is 15.8 Å². The van der Waals surface area contributed by atoms with Crippen molar-refractivity contribution >= 4 is 34.8 Å². The van der Waals surface area contributed by atoms with Crippen LogP contribution < -0.4 is 4.90 Å². The highest BCUT2D eigenvalue weighted by Gasteiger charge is 2.40. The van der Waals surface area contributed by atoms with Gasteiger partial charge in [0.15, 0.2) is 0 Å². The lowest BCUT2D eigenvalue weighted by Crippen LogP contribution is -2.56. The fraction of sp³-hybridized carbons (Fsp3) is 0.690. The largest absolute Gasteiger partial charge is 0.465 e. The molecule has 8 heteroatoms. The summed E-state index contributed by atoms with van der Waals surface area (Å²) >= 11 is 1.23. The van der Waals surface area contributed by atoms with Crippen LogP contribution in [0, 0.1) is 29.1 Å². The number of thiophene rings is 1. The third-order valence-electron chi connectivity index (χ3n) is 7.30. The Morgan fingerprint density at radius 3 is 2.30 bits per heavy atom. The molecule has 0 bridgehead atoms. The fourth-order valence-electron chi connectivity index (χ4n) is 4.96. The van der Waals surface area contributed by atoms with Gasteiger partial charge in [0.1, 0.15) is 10.9 Å². The van der Waals surface area contributed by atoms with E-state index in [1.807, 2.05) is 39.6 Å². The highest BCUT2D eigenvalue weighted by molar-refractivity contribution is 7.15. The first-order valence-corrected chi connectivity index (χ1v) is 14.3. The van der Waals surface area contributed by atoms with E-state index in [0.717, 1.165) is 38.8 Å². The maximum atomic E-state index is 14.2. The molecule has 1 aliphatic heterocycles. The van der Waals surface area contributed by atoms with Gasteiger partial charge in [-0.05, 0) is 71.9 Å². The highest BCUT2D eigenvalue weighted by Crippen LogP contribution is 2.37. The number of carbonyl (C=O) groups is 3. The van der Waals surface area contributed by atoms with Gasteiger partial charge in [-0.15, -0.1) is 11.3 Å². The topological polar surface area (TPSA) is 70.2 Å². The van der Waals surface area contributed by atoms with Crippen molar-refractivity contribution in [3.8, 4) is 11.8 Å². The molecule has 0 spiro atoms. The van der Waals surface area contributed by atoms with Crippen LogP contribution in [0.15, 0.2) is 6.07 Å². The zero-order valence-electron chi connectivity index (χ0n) is 23.6. The number of rotatable bonds is 6. The number of ether oxygens (including phenoxy) is 1. The Hall–Kier alpha value is -2.37. The third kappa shape index (κ3) is 7.36. The average Bonchev–Trinajstić information content (AvgIpc) is 3.29. The summed E-state index contributed by atoms with van der Waals surface area (Å²) < 4.78 is 5.11. The molecule has 0 radical (unpaired) electrons. The van der Waals surface area contributed by atoms with Gasteiger partial charge in [0.05, 0.1) is 17.7 Å². The van der Waals surface area contributed by atoms with Gasteiger partial charge < -0.3 is 14.5 Å².